The van der Waals surface area contributed by atoms with Crippen molar-refractivity contribution in [1.29, 1.82) is 0 Å². The summed E-state index contributed by atoms with van der Waals surface area (Å²) in [5.41, 5.74) is 1.46. The molecule has 1 fully saturated rings. The van der Waals surface area contributed by atoms with E-state index in [1.807, 2.05) is 29.6 Å². The van der Waals surface area contributed by atoms with Gasteiger partial charge in [-0.05, 0) is 30.5 Å². The maximum Gasteiger partial charge on any atom is 0.255 e. The summed E-state index contributed by atoms with van der Waals surface area (Å²) in [6, 6.07) is 6.96. The highest BCUT2D eigenvalue weighted by Gasteiger charge is 2.27. The van der Waals surface area contributed by atoms with Crippen LogP contribution in [-0.2, 0) is 6.54 Å². The van der Waals surface area contributed by atoms with Gasteiger partial charge >= 0.3 is 0 Å². The predicted octanol–water partition coefficient (Wildman–Crippen LogP) is 2.03. The van der Waals surface area contributed by atoms with Crippen molar-refractivity contribution in [3.05, 3.63) is 82.6 Å². The van der Waals surface area contributed by atoms with Crippen LogP contribution >= 0.6 is 0 Å². The van der Waals surface area contributed by atoms with Crippen LogP contribution in [0.15, 0.2) is 60.0 Å². The van der Waals surface area contributed by atoms with Crippen LogP contribution in [0.25, 0.3) is 0 Å². The Balaban J connectivity index is 1.41. The molecule has 27 heavy (non-hydrogen) atoms. The first-order chi connectivity index (χ1) is 13.2. The molecule has 1 amide bonds. The number of pyridine rings is 2. The lowest BCUT2D eigenvalue weighted by Gasteiger charge is -2.32. The normalized spacial score (nSPS) is 15.0. The lowest BCUT2D eigenvalue weighted by molar-refractivity contribution is 0.0710. The molecular formula is C20H21N5O2. The molecule has 0 aliphatic carbocycles. The number of hydrogen-bond donors (Lipinski definition) is 1. The quantitative estimate of drug-likeness (QED) is 0.769. The average Bonchev–Trinajstić information content (AvgIpc) is 3.17. The summed E-state index contributed by atoms with van der Waals surface area (Å²) in [6.07, 6.45) is 10.7. The van der Waals surface area contributed by atoms with Crippen molar-refractivity contribution in [1.82, 2.24) is 24.4 Å². The summed E-state index contributed by atoms with van der Waals surface area (Å²) in [5, 5.41) is 0. The molecule has 3 aromatic heterocycles. The van der Waals surface area contributed by atoms with Crippen molar-refractivity contribution in [2.75, 3.05) is 13.1 Å². The first-order valence-electron chi connectivity index (χ1n) is 9.08. The third-order valence-corrected chi connectivity index (χ3v) is 5.00. The number of rotatable bonds is 4. The molecule has 0 radical (unpaired) electrons. The molecule has 1 N–H and O–H groups in total. The van der Waals surface area contributed by atoms with Crippen molar-refractivity contribution in [2.24, 2.45) is 0 Å². The minimum Gasteiger partial charge on any atom is -0.339 e. The van der Waals surface area contributed by atoms with E-state index in [9.17, 15) is 9.59 Å². The maximum atomic E-state index is 12.6. The van der Waals surface area contributed by atoms with Crippen molar-refractivity contribution in [2.45, 2.75) is 25.3 Å². The molecule has 0 spiro atoms. The number of nitrogens with one attached hydrogen (secondary N) is 1. The van der Waals surface area contributed by atoms with Gasteiger partial charge in [-0.3, -0.25) is 14.6 Å². The Morgan fingerprint density at radius 3 is 2.74 bits per heavy atom. The average molecular weight is 363 g/mol. The number of carbonyl (C=O) groups is 1. The fourth-order valence-electron chi connectivity index (χ4n) is 3.57. The second-order valence-electron chi connectivity index (χ2n) is 6.78. The number of piperidine rings is 1. The molecular weight excluding hydrogens is 342 g/mol. The maximum absolute atomic E-state index is 12.6. The molecule has 0 atom stereocenters. The van der Waals surface area contributed by atoms with E-state index in [4.69, 9.17) is 0 Å². The lowest BCUT2D eigenvalue weighted by atomic mass is 9.95. The van der Waals surface area contributed by atoms with Crippen LogP contribution in [0.5, 0.6) is 0 Å². The summed E-state index contributed by atoms with van der Waals surface area (Å²) in [7, 11) is 0. The van der Waals surface area contributed by atoms with Crippen molar-refractivity contribution < 1.29 is 4.79 Å². The van der Waals surface area contributed by atoms with Crippen LogP contribution in [0.1, 0.15) is 40.5 Å². The van der Waals surface area contributed by atoms with E-state index in [1.54, 1.807) is 12.3 Å². The number of H-pyrrole nitrogens is 1. The van der Waals surface area contributed by atoms with E-state index < -0.39 is 0 Å². The van der Waals surface area contributed by atoms with Crippen molar-refractivity contribution in [3.8, 4) is 0 Å². The van der Waals surface area contributed by atoms with Gasteiger partial charge in [-0.25, -0.2) is 4.98 Å². The number of aromatic amines is 1. The predicted molar refractivity (Wildman–Crippen MR) is 101 cm³/mol. The van der Waals surface area contributed by atoms with Crippen molar-refractivity contribution >= 4 is 5.91 Å². The Morgan fingerprint density at radius 1 is 1.19 bits per heavy atom. The molecule has 0 saturated carbocycles. The van der Waals surface area contributed by atoms with E-state index in [-0.39, 0.29) is 11.5 Å². The first-order valence-corrected chi connectivity index (χ1v) is 9.08. The summed E-state index contributed by atoms with van der Waals surface area (Å²) in [6.45, 7) is 2.12. The zero-order valence-corrected chi connectivity index (χ0v) is 14.9. The second-order valence-corrected chi connectivity index (χ2v) is 6.78. The molecule has 1 saturated heterocycles. The highest BCUT2D eigenvalue weighted by Crippen LogP contribution is 2.28. The molecule has 3 aromatic rings. The van der Waals surface area contributed by atoms with Gasteiger partial charge in [0, 0.05) is 56.1 Å². The second kappa shape index (κ2) is 7.57. The molecule has 138 valence electrons. The van der Waals surface area contributed by atoms with E-state index in [2.05, 4.69) is 25.6 Å². The van der Waals surface area contributed by atoms with Gasteiger partial charge in [0.1, 0.15) is 5.82 Å². The molecule has 7 heteroatoms. The molecule has 4 heterocycles. The van der Waals surface area contributed by atoms with Gasteiger partial charge in [-0.15, -0.1) is 0 Å². The number of hydrogen-bond acceptors (Lipinski definition) is 4. The summed E-state index contributed by atoms with van der Waals surface area (Å²) >= 11 is 0. The monoisotopic (exact) mass is 363 g/mol. The number of nitrogens with zero attached hydrogens (tertiary/aromatic N) is 4. The number of likely N-dealkylation sites (tertiary alicyclic amines) is 1. The molecule has 1 aliphatic heterocycles. The Hall–Kier alpha value is -3.22. The lowest BCUT2D eigenvalue weighted by Crippen LogP contribution is -2.38. The minimum absolute atomic E-state index is 0.0385. The van der Waals surface area contributed by atoms with E-state index in [0.29, 0.717) is 24.6 Å². The van der Waals surface area contributed by atoms with E-state index in [0.717, 1.165) is 30.8 Å². The van der Waals surface area contributed by atoms with Crippen LogP contribution in [0, 0.1) is 0 Å². The fraction of sp³-hybridized carbons (Fsp3) is 0.300. The van der Waals surface area contributed by atoms with Crippen LogP contribution in [0.2, 0.25) is 0 Å². The molecule has 0 unspecified atom stereocenters. The van der Waals surface area contributed by atoms with Gasteiger partial charge in [0.2, 0.25) is 5.56 Å². The molecule has 0 bridgehead atoms. The van der Waals surface area contributed by atoms with Gasteiger partial charge in [-0.2, -0.15) is 0 Å². The topological polar surface area (TPSA) is 83.9 Å². The molecule has 0 aromatic carbocycles. The summed E-state index contributed by atoms with van der Waals surface area (Å²) < 4.78 is 2.17. The molecule has 7 nitrogen and oxygen atoms in total. The number of carbonyl (C=O) groups excluding carboxylic acids is 1. The number of aromatic nitrogens is 4. The number of amides is 1. The smallest absolute Gasteiger partial charge is 0.255 e. The SMILES string of the molecule is O=C(c1ccc(=O)[nH]c1)N1CCC(c2nccn2Cc2cccnc2)CC1. The largest absolute Gasteiger partial charge is 0.339 e. The standard InChI is InChI=1S/C20H21N5O2/c26-18-4-3-17(13-23-18)20(27)24-9-5-16(6-10-24)19-22-8-11-25(19)14-15-2-1-7-21-12-15/h1-4,7-8,11-13,16H,5-6,9-10,14H2,(H,23,26). The third-order valence-electron chi connectivity index (χ3n) is 5.00. The van der Waals surface area contributed by atoms with E-state index >= 15 is 0 Å². The zero-order chi connectivity index (χ0) is 18.6. The Bertz CT molecular complexity index is 951. The van der Waals surface area contributed by atoms with Crippen molar-refractivity contribution in [3.63, 3.8) is 0 Å². The van der Waals surface area contributed by atoms with E-state index in [1.165, 1.54) is 12.3 Å². The van der Waals surface area contributed by atoms with Crippen LogP contribution < -0.4 is 5.56 Å². The van der Waals surface area contributed by atoms with Gasteiger partial charge in [0.15, 0.2) is 0 Å². The number of imidazole rings is 1. The zero-order valence-electron chi connectivity index (χ0n) is 14.9. The Kier molecular flexibility index (Phi) is 4.82. The summed E-state index contributed by atoms with van der Waals surface area (Å²) in [5.74, 6) is 1.36. The highest BCUT2D eigenvalue weighted by molar-refractivity contribution is 5.93. The fourth-order valence-corrected chi connectivity index (χ4v) is 3.57. The summed E-state index contributed by atoms with van der Waals surface area (Å²) in [4.78, 5) is 36.9. The Morgan fingerprint density at radius 2 is 2.04 bits per heavy atom. The third kappa shape index (κ3) is 3.81. The van der Waals surface area contributed by atoms with Crippen LogP contribution in [0.4, 0.5) is 0 Å². The molecule has 1 aliphatic rings. The Labute approximate surface area is 156 Å². The highest BCUT2D eigenvalue weighted by atomic mass is 16.2. The first kappa shape index (κ1) is 17.2. The molecule has 4 rings (SSSR count). The van der Waals surface area contributed by atoms with Crippen LogP contribution in [-0.4, -0.2) is 43.4 Å². The van der Waals surface area contributed by atoms with Gasteiger partial charge < -0.3 is 14.5 Å². The van der Waals surface area contributed by atoms with Gasteiger partial charge in [0.05, 0.1) is 12.1 Å². The minimum atomic E-state index is -0.203. The van der Waals surface area contributed by atoms with Crippen LogP contribution in [0.3, 0.4) is 0 Å². The van der Waals surface area contributed by atoms with Gasteiger partial charge in [-0.1, -0.05) is 6.07 Å². The van der Waals surface area contributed by atoms with Gasteiger partial charge in [0.25, 0.3) is 5.91 Å².